The summed E-state index contributed by atoms with van der Waals surface area (Å²) in [6.07, 6.45) is 5.04. The number of benzene rings is 2. The summed E-state index contributed by atoms with van der Waals surface area (Å²) in [6.45, 7) is 0. The van der Waals surface area contributed by atoms with Gasteiger partial charge in [0.25, 0.3) is 5.91 Å². The Morgan fingerprint density at radius 3 is 2.59 bits per heavy atom. The molecule has 0 aliphatic rings. The number of aromatic nitrogens is 4. The maximum absolute atomic E-state index is 12.2. The van der Waals surface area contributed by atoms with Crippen LogP contribution in [-0.2, 0) is 0 Å². The van der Waals surface area contributed by atoms with Crippen molar-refractivity contribution >= 4 is 12.1 Å². The summed E-state index contributed by atoms with van der Waals surface area (Å²) in [5.74, 6) is -0.364. The molecule has 2 aromatic carbocycles. The lowest BCUT2D eigenvalue weighted by Gasteiger charge is -1.98. The molecule has 2 N–H and O–H groups in total. The van der Waals surface area contributed by atoms with Crippen LogP contribution in [0.5, 0.6) is 0 Å². The van der Waals surface area contributed by atoms with Crippen molar-refractivity contribution in [2.24, 2.45) is 5.10 Å². The summed E-state index contributed by atoms with van der Waals surface area (Å²) in [4.78, 5) is 12.2. The van der Waals surface area contributed by atoms with E-state index in [1.165, 1.54) is 0 Å². The van der Waals surface area contributed by atoms with Crippen molar-refractivity contribution in [3.63, 3.8) is 0 Å². The van der Waals surface area contributed by atoms with Crippen LogP contribution in [0.15, 0.2) is 84.2 Å². The van der Waals surface area contributed by atoms with E-state index in [1.807, 2.05) is 66.9 Å². The number of hydrogen-bond acceptors (Lipinski definition) is 4. The molecule has 0 aliphatic carbocycles. The highest BCUT2D eigenvalue weighted by Crippen LogP contribution is 2.16. The van der Waals surface area contributed by atoms with Gasteiger partial charge in [-0.1, -0.05) is 48.5 Å². The van der Waals surface area contributed by atoms with Crippen LogP contribution in [0.4, 0.5) is 0 Å². The van der Waals surface area contributed by atoms with Gasteiger partial charge in [0.1, 0.15) is 5.69 Å². The average Bonchev–Trinajstić information content (AvgIpc) is 3.39. The van der Waals surface area contributed by atoms with E-state index in [4.69, 9.17) is 0 Å². The molecule has 2 heterocycles. The Morgan fingerprint density at radius 1 is 1.07 bits per heavy atom. The van der Waals surface area contributed by atoms with Crippen molar-refractivity contribution < 1.29 is 4.79 Å². The summed E-state index contributed by atoms with van der Waals surface area (Å²) in [5, 5.41) is 15.1. The topological polar surface area (TPSA) is 88.0 Å². The molecule has 4 rings (SSSR count). The molecular weight excluding hydrogens is 340 g/mol. The quantitative estimate of drug-likeness (QED) is 0.426. The fourth-order valence-corrected chi connectivity index (χ4v) is 2.55. The van der Waals surface area contributed by atoms with Crippen LogP contribution in [-0.4, -0.2) is 32.1 Å². The van der Waals surface area contributed by atoms with E-state index in [-0.39, 0.29) is 5.91 Å². The van der Waals surface area contributed by atoms with Crippen LogP contribution in [0.1, 0.15) is 16.1 Å². The zero-order valence-corrected chi connectivity index (χ0v) is 14.3. The van der Waals surface area contributed by atoms with E-state index in [0.29, 0.717) is 11.4 Å². The Bertz CT molecular complexity index is 1070. The van der Waals surface area contributed by atoms with Crippen LogP contribution in [0.2, 0.25) is 0 Å². The summed E-state index contributed by atoms with van der Waals surface area (Å²) in [7, 11) is 0. The molecule has 0 saturated heterocycles. The summed E-state index contributed by atoms with van der Waals surface area (Å²) < 4.78 is 1.74. The van der Waals surface area contributed by atoms with Gasteiger partial charge in [-0.2, -0.15) is 15.3 Å². The zero-order valence-electron chi connectivity index (χ0n) is 14.3. The Kier molecular flexibility index (Phi) is 4.57. The fourth-order valence-electron chi connectivity index (χ4n) is 2.55. The van der Waals surface area contributed by atoms with E-state index in [0.717, 1.165) is 16.8 Å². The Labute approximate surface area is 155 Å². The van der Waals surface area contributed by atoms with E-state index in [2.05, 4.69) is 25.8 Å². The molecule has 27 heavy (non-hydrogen) atoms. The number of nitrogens with zero attached hydrogens (tertiary/aromatic N) is 4. The predicted octanol–water partition coefficient (Wildman–Crippen LogP) is 3.03. The number of amides is 1. The first kappa shape index (κ1) is 16.5. The van der Waals surface area contributed by atoms with Crippen molar-refractivity contribution in [2.45, 2.75) is 0 Å². The second-order valence-electron chi connectivity index (χ2n) is 5.79. The first-order valence-electron chi connectivity index (χ1n) is 8.34. The molecule has 2 aromatic heterocycles. The first-order chi connectivity index (χ1) is 13.3. The minimum Gasteiger partial charge on any atom is -0.272 e. The van der Waals surface area contributed by atoms with Gasteiger partial charge >= 0.3 is 0 Å². The third-order valence-corrected chi connectivity index (χ3v) is 3.90. The highest BCUT2D eigenvalue weighted by molar-refractivity contribution is 5.94. The molecule has 0 spiro atoms. The van der Waals surface area contributed by atoms with Crippen molar-refractivity contribution in [2.75, 3.05) is 0 Å². The molecule has 132 valence electrons. The second-order valence-corrected chi connectivity index (χ2v) is 5.79. The maximum Gasteiger partial charge on any atom is 0.289 e. The minimum atomic E-state index is -0.364. The second kappa shape index (κ2) is 7.49. The molecule has 0 radical (unpaired) electrons. The molecule has 7 nitrogen and oxygen atoms in total. The number of nitrogens with one attached hydrogen (secondary N) is 2. The van der Waals surface area contributed by atoms with Crippen molar-refractivity contribution in [3.05, 3.63) is 90.4 Å². The van der Waals surface area contributed by atoms with Crippen LogP contribution in [0.3, 0.4) is 0 Å². The van der Waals surface area contributed by atoms with Crippen molar-refractivity contribution in [3.8, 4) is 16.9 Å². The number of H-pyrrole nitrogens is 1. The van der Waals surface area contributed by atoms with E-state index in [9.17, 15) is 4.79 Å². The summed E-state index contributed by atoms with van der Waals surface area (Å²) in [5.41, 5.74) is 6.18. The van der Waals surface area contributed by atoms with Gasteiger partial charge < -0.3 is 0 Å². The molecule has 0 bridgehead atoms. The lowest BCUT2D eigenvalue weighted by atomic mass is 10.1. The Morgan fingerprint density at radius 2 is 1.81 bits per heavy atom. The number of rotatable bonds is 5. The van der Waals surface area contributed by atoms with Crippen molar-refractivity contribution in [1.29, 1.82) is 0 Å². The molecule has 4 aromatic rings. The molecule has 0 unspecified atom stereocenters. The monoisotopic (exact) mass is 356 g/mol. The van der Waals surface area contributed by atoms with E-state index < -0.39 is 0 Å². The van der Waals surface area contributed by atoms with Gasteiger partial charge in [0.15, 0.2) is 0 Å². The summed E-state index contributed by atoms with van der Waals surface area (Å²) >= 11 is 0. The summed E-state index contributed by atoms with van der Waals surface area (Å²) in [6, 6.07) is 21.1. The standard InChI is InChI=1S/C20H16N6O/c27-20(19-11-18(23-24-19)16-7-3-1-4-8-16)25-21-12-15-13-22-26(14-15)17-9-5-2-6-10-17/h1-14H,(H,23,24)(H,25,27)/b21-12-. The first-order valence-corrected chi connectivity index (χ1v) is 8.34. The van der Waals surface area contributed by atoms with E-state index in [1.54, 1.807) is 23.2 Å². The number of aromatic amines is 1. The average molecular weight is 356 g/mol. The SMILES string of the molecule is O=C(N/N=C\c1cnn(-c2ccccc2)c1)c1cc(-c2ccccc2)n[nH]1. The number of hydrazone groups is 1. The molecule has 7 heteroatoms. The van der Waals surface area contributed by atoms with Gasteiger partial charge in [0.05, 0.1) is 23.8 Å². The van der Waals surface area contributed by atoms with E-state index >= 15 is 0 Å². The predicted molar refractivity (Wildman–Crippen MR) is 103 cm³/mol. The van der Waals surface area contributed by atoms with Gasteiger partial charge in [0.2, 0.25) is 0 Å². The van der Waals surface area contributed by atoms with Gasteiger partial charge in [-0.15, -0.1) is 0 Å². The Balaban J connectivity index is 1.40. The smallest absolute Gasteiger partial charge is 0.272 e. The molecule has 1 amide bonds. The van der Waals surface area contributed by atoms with Crippen LogP contribution >= 0.6 is 0 Å². The molecule has 0 aliphatic heterocycles. The normalized spacial score (nSPS) is 11.0. The third-order valence-electron chi connectivity index (χ3n) is 3.90. The lowest BCUT2D eigenvalue weighted by Crippen LogP contribution is -2.17. The van der Waals surface area contributed by atoms with Crippen LogP contribution in [0, 0.1) is 0 Å². The minimum absolute atomic E-state index is 0.339. The van der Waals surface area contributed by atoms with Gasteiger partial charge in [-0.3, -0.25) is 9.89 Å². The number of hydrogen-bond donors (Lipinski definition) is 2. The van der Waals surface area contributed by atoms with Crippen LogP contribution in [0.25, 0.3) is 16.9 Å². The number of para-hydroxylation sites is 1. The van der Waals surface area contributed by atoms with Gasteiger partial charge in [0, 0.05) is 17.3 Å². The molecule has 0 fully saturated rings. The molecule has 0 saturated carbocycles. The number of carbonyl (C=O) groups is 1. The Hall–Kier alpha value is -4.00. The lowest BCUT2D eigenvalue weighted by molar-refractivity contribution is 0.0950. The highest BCUT2D eigenvalue weighted by atomic mass is 16.2. The number of carbonyl (C=O) groups excluding carboxylic acids is 1. The molecule has 0 atom stereocenters. The zero-order chi connectivity index (χ0) is 18.5. The maximum atomic E-state index is 12.2. The van der Waals surface area contributed by atoms with Crippen LogP contribution < -0.4 is 5.43 Å². The van der Waals surface area contributed by atoms with Gasteiger partial charge in [-0.25, -0.2) is 10.1 Å². The molecular formula is C20H16N6O. The fraction of sp³-hybridized carbons (Fsp3) is 0. The highest BCUT2D eigenvalue weighted by Gasteiger charge is 2.10. The third kappa shape index (κ3) is 3.82. The van der Waals surface area contributed by atoms with Crippen molar-refractivity contribution in [1.82, 2.24) is 25.4 Å². The van der Waals surface area contributed by atoms with Gasteiger partial charge in [-0.05, 0) is 18.2 Å². The largest absolute Gasteiger partial charge is 0.289 e.